The van der Waals surface area contributed by atoms with Gasteiger partial charge in [-0.25, -0.2) is 14.4 Å². The maximum absolute atomic E-state index is 13.9. The second-order valence-corrected chi connectivity index (χ2v) is 10.3. The molecule has 2 heterocycles. The lowest BCUT2D eigenvalue weighted by Gasteiger charge is -2.28. The number of guanidine groups is 1. The molecule has 2 N–H and O–H groups in total. The molecule has 1 aromatic heterocycles. The van der Waals surface area contributed by atoms with Gasteiger partial charge in [-0.3, -0.25) is 14.5 Å². The van der Waals surface area contributed by atoms with Crippen LogP contribution in [0.3, 0.4) is 0 Å². The molecule has 2 atom stereocenters. The van der Waals surface area contributed by atoms with E-state index in [-0.39, 0.29) is 18.5 Å². The summed E-state index contributed by atoms with van der Waals surface area (Å²) in [5.41, 5.74) is 8.87. The van der Waals surface area contributed by atoms with Gasteiger partial charge in [0.25, 0.3) is 5.91 Å². The van der Waals surface area contributed by atoms with E-state index in [1.54, 1.807) is 46.5 Å². The summed E-state index contributed by atoms with van der Waals surface area (Å²) in [6, 6.07) is 8.47. The summed E-state index contributed by atoms with van der Waals surface area (Å²) in [6.07, 6.45) is 3.70. The molecule has 0 saturated heterocycles. The SMILES string of the molecule is CC.CCC.CN(C)C=O.COCC(c1ccc(Cl)c(-c2nccs2)c1)N1C(=O)C(c2cc(C)cc(F)c2)N=C1N. The van der Waals surface area contributed by atoms with Crippen LogP contribution < -0.4 is 5.73 Å². The van der Waals surface area contributed by atoms with Gasteiger partial charge in [0.1, 0.15) is 10.8 Å². The van der Waals surface area contributed by atoms with Gasteiger partial charge < -0.3 is 15.4 Å². The van der Waals surface area contributed by atoms with E-state index in [0.29, 0.717) is 16.1 Å². The first kappa shape index (κ1) is 35.7. The number of aromatic nitrogens is 1. The summed E-state index contributed by atoms with van der Waals surface area (Å²) >= 11 is 7.86. The van der Waals surface area contributed by atoms with Crippen molar-refractivity contribution in [2.45, 2.75) is 53.1 Å². The average Bonchev–Trinajstić information content (AvgIpc) is 3.57. The van der Waals surface area contributed by atoms with Gasteiger partial charge in [0.15, 0.2) is 12.0 Å². The monoisotopic (exact) mass is 605 g/mol. The Morgan fingerprint density at radius 1 is 1.22 bits per heavy atom. The summed E-state index contributed by atoms with van der Waals surface area (Å²) in [6.45, 7) is 10.2. The first-order chi connectivity index (χ1) is 19.6. The van der Waals surface area contributed by atoms with E-state index in [1.165, 1.54) is 39.7 Å². The van der Waals surface area contributed by atoms with Crippen molar-refractivity contribution < 1.29 is 18.7 Å². The number of nitrogens with zero attached hydrogens (tertiary/aromatic N) is 4. The van der Waals surface area contributed by atoms with Crippen molar-refractivity contribution in [3.63, 3.8) is 0 Å². The fourth-order valence-electron chi connectivity index (χ4n) is 3.70. The topological polar surface area (TPSA) is 101 Å². The predicted molar refractivity (Wildman–Crippen MR) is 167 cm³/mol. The molecular weight excluding hydrogens is 565 g/mol. The van der Waals surface area contributed by atoms with Crippen LogP contribution in [-0.4, -0.2) is 60.9 Å². The average molecular weight is 606 g/mol. The van der Waals surface area contributed by atoms with Crippen LogP contribution in [0, 0.1) is 12.7 Å². The van der Waals surface area contributed by atoms with Crippen molar-refractivity contribution in [3.8, 4) is 10.6 Å². The zero-order valence-electron chi connectivity index (χ0n) is 25.0. The minimum Gasteiger partial charge on any atom is -0.382 e. The third-order valence-electron chi connectivity index (χ3n) is 5.24. The Kier molecular flexibility index (Phi) is 15.8. The minimum absolute atomic E-state index is 0.0599. The normalized spacial score (nSPS) is 14.4. The molecule has 1 aliphatic heterocycles. The number of carbonyl (C=O) groups is 2. The van der Waals surface area contributed by atoms with E-state index in [0.717, 1.165) is 22.5 Å². The minimum atomic E-state index is -0.903. The number of amides is 2. The molecule has 224 valence electrons. The van der Waals surface area contributed by atoms with Crippen molar-refractivity contribution >= 4 is 41.2 Å². The Bertz CT molecular complexity index is 1250. The number of halogens is 2. The molecule has 0 fully saturated rings. The number of aliphatic imine (C=N–C) groups is 1. The van der Waals surface area contributed by atoms with Crippen molar-refractivity contribution in [1.29, 1.82) is 0 Å². The molecule has 0 radical (unpaired) electrons. The van der Waals surface area contributed by atoms with Crippen LogP contribution in [0.4, 0.5) is 4.39 Å². The van der Waals surface area contributed by atoms with Crippen LogP contribution in [0.15, 0.2) is 53.0 Å². The number of benzene rings is 2. The number of rotatable bonds is 7. The van der Waals surface area contributed by atoms with Gasteiger partial charge in [0, 0.05) is 38.3 Å². The Balaban J connectivity index is 0.000000736. The Hall–Kier alpha value is -3.34. The third kappa shape index (κ3) is 10.2. The zero-order valence-corrected chi connectivity index (χ0v) is 26.6. The molecule has 11 heteroatoms. The highest BCUT2D eigenvalue weighted by molar-refractivity contribution is 7.13. The molecular formula is C30H41ClFN5O3S. The Morgan fingerprint density at radius 2 is 1.85 bits per heavy atom. The highest BCUT2D eigenvalue weighted by atomic mass is 35.5. The predicted octanol–water partition coefficient (Wildman–Crippen LogP) is 6.64. The molecule has 2 unspecified atom stereocenters. The van der Waals surface area contributed by atoms with Gasteiger partial charge in [0.05, 0.1) is 17.7 Å². The fraction of sp³-hybridized carbons (Fsp3) is 0.400. The van der Waals surface area contributed by atoms with Crippen molar-refractivity contribution in [1.82, 2.24) is 14.8 Å². The van der Waals surface area contributed by atoms with E-state index >= 15 is 0 Å². The van der Waals surface area contributed by atoms with Gasteiger partial charge in [-0.15, -0.1) is 11.3 Å². The third-order valence-corrected chi connectivity index (χ3v) is 6.38. The van der Waals surface area contributed by atoms with E-state index in [2.05, 4.69) is 23.8 Å². The maximum Gasteiger partial charge on any atom is 0.259 e. The molecule has 0 aliphatic carbocycles. The molecule has 3 aromatic rings. The number of thiazole rings is 1. The van der Waals surface area contributed by atoms with Crippen molar-refractivity contribution in [2.75, 3.05) is 27.8 Å². The summed E-state index contributed by atoms with van der Waals surface area (Å²) in [5, 5.41) is 3.19. The number of ether oxygens (including phenoxy) is 1. The van der Waals surface area contributed by atoms with Crippen molar-refractivity contribution in [3.05, 3.63) is 75.5 Å². The van der Waals surface area contributed by atoms with Crippen LogP contribution in [0.5, 0.6) is 0 Å². The summed E-state index contributed by atoms with van der Waals surface area (Å²) in [5.74, 6) is -0.700. The van der Waals surface area contributed by atoms with E-state index < -0.39 is 17.9 Å². The number of carbonyl (C=O) groups excluding carboxylic acids is 2. The highest BCUT2D eigenvalue weighted by Gasteiger charge is 2.39. The lowest BCUT2D eigenvalue weighted by atomic mass is 10.0. The van der Waals surface area contributed by atoms with Gasteiger partial charge in [0.2, 0.25) is 6.41 Å². The summed E-state index contributed by atoms with van der Waals surface area (Å²) in [7, 11) is 4.92. The van der Waals surface area contributed by atoms with E-state index in [4.69, 9.17) is 22.1 Å². The lowest BCUT2D eigenvalue weighted by Crippen LogP contribution is -2.42. The van der Waals surface area contributed by atoms with Crippen LogP contribution >= 0.6 is 22.9 Å². The quantitative estimate of drug-likeness (QED) is 0.304. The molecule has 1 aliphatic rings. The summed E-state index contributed by atoms with van der Waals surface area (Å²) < 4.78 is 19.3. The number of nitrogens with two attached hydrogens (primary N) is 1. The lowest BCUT2D eigenvalue weighted by molar-refractivity contribution is -0.130. The van der Waals surface area contributed by atoms with Crippen LogP contribution in [-0.2, 0) is 14.3 Å². The first-order valence-electron chi connectivity index (χ1n) is 13.3. The molecule has 4 rings (SSSR count). The van der Waals surface area contributed by atoms with Gasteiger partial charge in [-0.1, -0.05) is 57.8 Å². The first-order valence-corrected chi connectivity index (χ1v) is 14.6. The van der Waals surface area contributed by atoms with E-state index in [9.17, 15) is 14.0 Å². The van der Waals surface area contributed by atoms with Crippen LogP contribution in [0.2, 0.25) is 5.02 Å². The molecule has 2 aromatic carbocycles. The smallest absolute Gasteiger partial charge is 0.259 e. The second-order valence-electron chi connectivity index (χ2n) is 8.98. The summed E-state index contributed by atoms with van der Waals surface area (Å²) in [4.78, 5) is 34.3. The second kappa shape index (κ2) is 18.2. The van der Waals surface area contributed by atoms with Crippen LogP contribution in [0.25, 0.3) is 10.6 Å². The number of methoxy groups -OCH3 is 1. The number of hydrogen-bond acceptors (Lipinski definition) is 7. The maximum atomic E-state index is 13.9. The largest absolute Gasteiger partial charge is 0.382 e. The standard InChI is InChI=1S/C22H20ClFN4O2S.C3H7NO.C3H8.C2H6/c1-12-7-14(9-15(24)8-12)19-21(29)28(22(25)27-19)18(11-30-2)13-3-4-17(23)16(10-13)20-26-5-6-31-20;1-4(2)3-5;1-3-2;1-2/h3-10,18-19H,11H2,1-2H3,(H2,25,27);3H,1-2H3;3H2,1-2H3;1-2H3. The highest BCUT2D eigenvalue weighted by Crippen LogP contribution is 2.36. The Morgan fingerprint density at radius 3 is 2.37 bits per heavy atom. The van der Waals surface area contributed by atoms with E-state index in [1.807, 2.05) is 31.4 Å². The van der Waals surface area contributed by atoms with Gasteiger partial charge in [-0.2, -0.15) is 0 Å². The fourth-order valence-corrected chi connectivity index (χ4v) is 4.63. The molecule has 8 nitrogen and oxygen atoms in total. The van der Waals surface area contributed by atoms with Crippen LogP contribution in [0.1, 0.15) is 62.9 Å². The molecule has 2 amide bonds. The molecule has 41 heavy (non-hydrogen) atoms. The van der Waals surface area contributed by atoms with Gasteiger partial charge in [-0.05, 0) is 47.9 Å². The molecule has 0 spiro atoms. The van der Waals surface area contributed by atoms with Crippen molar-refractivity contribution in [2.24, 2.45) is 10.7 Å². The molecule has 0 bridgehead atoms. The number of hydrogen-bond donors (Lipinski definition) is 1. The zero-order chi connectivity index (χ0) is 31.1. The molecule has 0 saturated carbocycles. The Labute approximate surface area is 252 Å². The number of aryl methyl sites for hydroxylation is 1. The van der Waals surface area contributed by atoms with Gasteiger partial charge >= 0.3 is 0 Å².